The second-order valence-corrected chi connectivity index (χ2v) is 7.88. The topological polar surface area (TPSA) is 50.2 Å². The molecule has 29 heavy (non-hydrogen) atoms. The molecular weight excluding hydrogens is 384 g/mol. The largest absolute Gasteiger partial charge is 0.380 e. The number of anilines is 1. The maximum atomic E-state index is 12.6. The number of nitrogens with one attached hydrogen (secondary N) is 1. The summed E-state index contributed by atoms with van der Waals surface area (Å²) < 4.78 is 1.41. The van der Waals surface area contributed by atoms with E-state index in [0.717, 1.165) is 38.0 Å². The van der Waals surface area contributed by atoms with Gasteiger partial charge in [-0.3, -0.25) is 9.69 Å². The summed E-state index contributed by atoms with van der Waals surface area (Å²) in [6, 6.07) is 20.6. The van der Waals surface area contributed by atoms with Crippen molar-refractivity contribution in [3.63, 3.8) is 0 Å². The Balaban J connectivity index is 1.35. The van der Waals surface area contributed by atoms with Crippen LogP contribution in [0.3, 0.4) is 0 Å². The third kappa shape index (κ3) is 5.05. The lowest BCUT2D eigenvalue weighted by atomic mass is 10.0. The minimum absolute atomic E-state index is 0.211. The summed E-state index contributed by atoms with van der Waals surface area (Å²) in [6.07, 6.45) is 3.69. The molecule has 4 rings (SSSR count). The van der Waals surface area contributed by atoms with Crippen molar-refractivity contribution in [3.8, 4) is 0 Å². The smallest absolute Gasteiger partial charge is 0.287 e. The Morgan fingerprint density at radius 1 is 0.931 bits per heavy atom. The van der Waals surface area contributed by atoms with Crippen LogP contribution < -0.4 is 10.9 Å². The van der Waals surface area contributed by atoms with Crippen molar-refractivity contribution < 1.29 is 0 Å². The summed E-state index contributed by atoms with van der Waals surface area (Å²) in [5.41, 5.74) is 2.72. The van der Waals surface area contributed by atoms with Crippen LogP contribution in [0.25, 0.3) is 0 Å². The molecule has 0 atom stereocenters. The summed E-state index contributed by atoms with van der Waals surface area (Å²) >= 11 is 6.37. The first-order valence-electron chi connectivity index (χ1n) is 10.0. The number of piperidine rings is 1. The minimum Gasteiger partial charge on any atom is -0.380 e. The number of aromatic nitrogens is 2. The molecule has 1 aliphatic rings. The van der Waals surface area contributed by atoms with Gasteiger partial charge in [-0.15, -0.1) is 0 Å². The van der Waals surface area contributed by atoms with Gasteiger partial charge in [0.2, 0.25) is 0 Å². The average molecular weight is 409 g/mol. The lowest BCUT2D eigenvalue weighted by Crippen LogP contribution is -2.39. The predicted octanol–water partition coefficient (Wildman–Crippen LogP) is 4.02. The maximum absolute atomic E-state index is 12.6. The van der Waals surface area contributed by atoms with Gasteiger partial charge in [0.05, 0.1) is 18.4 Å². The lowest BCUT2D eigenvalue weighted by Gasteiger charge is -2.33. The zero-order chi connectivity index (χ0) is 20.1. The van der Waals surface area contributed by atoms with Crippen LogP contribution in [0.1, 0.15) is 24.0 Å². The van der Waals surface area contributed by atoms with Gasteiger partial charge in [-0.2, -0.15) is 5.10 Å². The van der Waals surface area contributed by atoms with Crippen LogP contribution in [0.15, 0.2) is 71.7 Å². The summed E-state index contributed by atoms with van der Waals surface area (Å²) in [4.78, 5) is 15.1. The monoisotopic (exact) mass is 408 g/mol. The lowest BCUT2D eigenvalue weighted by molar-refractivity contribution is 0.211. The van der Waals surface area contributed by atoms with Crippen molar-refractivity contribution >= 4 is 17.3 Å². The van der Waals surface area contributed by atoms with Crippen LogP contribution in [0.4, 0.5) is 5.69 Å². The molecule has 1 fully saturated rings. The maximum Gasteiger partial charge on any atom is 0.287 e. The quantitative estimate of drug-likeness (QED) is 0.669. The summed E-state index contributed by atoms with van der Waals surface area (Å²) in [5, 5.41) is 7.96. The second-order valence-electron chi connectivity index (χ2n) is 7.50. The van der Waals surface area contributed by atoms with Crippen molar-refractivity contribution in [2.24, 2.45) is 0 Å². The van der Waals surface area contributed by atoms with Crippen LogP contribution >= 0.6 is 11.6 Å². The molecule has 5 nitrogen and oxygen atoms in total. The molecule has 0 aliphatic carbocycles. The predicted molar refractivity (Wildman–Crippen MR) is 117 cm³/mol. The van der Waals surface area contributed by atoms with Gasteiger partial charge in [-0.05, 0) is 24.0 Å². The fraction of sp³-hybridized carbons (Fsp3) is 0.304. The third-order valence-corrected chi connectivity index (χ3v) is 5.72. The molecule has 0 unspecified atom stereocenters. The number of halogens is 1. The molecule has 0 bridgehead atoms. The molecule has 1 saturated heterocycles. The highest BCUT2D eigenvalue weighted by molar-refractivity contribution is 6.32. The molecule has 0 saturated carbocycles. The first-order valence-corrected chi connectivity index (χ1v) is 10.4. The van der Waals surface area contributed by atoms with E-state index in [1.54, 1.807) is 6.20 Å². The highest BCUT2D eigenvalue weighted by Gasteiger charge is 2.21. The van der Waals surface area contributed by atoms with E-state index in [0.29, 0.717) is 18.3 Å². The molecule has 1 aromatic heterocycles. The zero-order valence-corrected chi connectivity index (χ0v) is 17.1. The summed E-state index contributed by atoms with van der Waals surface area (Å²) in [5.74, 6) is 0. The molecule has 3 aromatic rings. The van der Waals surface area contributed by atoms with Crippen LogP contribution in [0.2, 0.25) is 5.02 Å². The van der Waals surface area contributed by atoms with Crippen LogP contribution in [-0.4, -0.2) is 33.8 Å². The van der Waals surface area contributed by atoms with E-state index in [9.17, 15) is 4.79 Å². The van der Waals surface area contributed by atoms with E-state index in [4.69, 9.17) is 11.6 Å². The van der Waals surface area contributed by atoms with Crippen molar-refractivity contribution in [1.29, 1.82) is 0 Å². The number of benzene rings is 2. The number of hydrogen-bond acceptors (Lipinski definition) is 4. The summed E-state index contributed by atoms with van der Waals surface area (Å²) in [7, 11) is 0. The third-order valence-electron chi connectivity index (χ3n) is 5.36. The zero-order valence-electron chi connectivity index (χ0n) is 16.3. The molecule has 6 heteroatoms. The molecule has 150 valence electrons. The van der Waals surface area contributed by atoms with Crippen molar-refractivity contribution in [1.82, 2.24) is 14.7 Å². The first-order chi connectivity index (χ1) is 14.2. The minimum atomic E-state index is -0.262. The van der Waals surface area contributed by atoms with Gasteiger partial charge < -0.3 is 5.32 Å². The standard InChI is InChI=1S/C23H25ClN4O/c24-22-21(15-25-28(23(22)29)17-19-9-5-2-6-10-19)26-20-11-13-27(14-12-20)16-18-7-3-1-4-8-18/h1-10,15,20,26H,11-14,16-17H2. The van der Waals surface area contributed by atoms with E-state index in [1.165, 1.54) is 10.2 Å². The summed E-state index contributed by atoms with van der Waals surface area (Å²) in [6.45, 7) is 3.42. The van der Waals surface area contributed by atoms with Crippen LogP contribution in [-0.2, 0) is 13.1 Å². The Morgan fingerprint density at radius 3 is 2.14 bits per heavy atom. The number of nitrogens with zero attached hydrogens (tertiary/aromatic N) is 3. The van der Waals surface area contributed by atoms with Gasteiger partial charge in [0, 0.05) is 25.7 Å². The van der Waals surface area contributed by atoms with Gasteiger partial charge in [-0.25, -0.2) is 4.68 Å². The van der Waals surface area contributed by atoms with Gasteiger partial charge in [-0.1, -0.05) is 72.3 Å². The van der Waals surface area contributed by atoms with Gasteiger partial charge in [0.15, 0.2) is 0 Å². The van der Waals surface area contributed by atoms with Crippen molar-refractivity contribution in [2.75, 3.05) is 18.4 Å². The van der Waals surface area contributed by atoms with Crippen molar-refractivity contribution in [3.05, 3.63) is 93.4 Å². The van der Waals surface area contributed by atoms with E-state index < -0.39 is 0 Å². The molecule has 0 amide bonds. The van der Waals surface area contributed by atoms with Gasteiger partial charge >= 0.3 is 0 Å². The fourth-order valence-corrected chi connectivity index (χ4v) is 3.93. The Hall–Kier alpha value is -2.63. The molecule has 1 N–H and O–H groups in total. The Labute approximate surface area is 175 Å². The van der Waals surface area contributed by atoms with E-state index in [-0.39, 0.29) is 10.6 Å². The number of likely N-dealkylation sites (tertiary alicyclic amines) is 1. The Bertz CT molecular complexity index is 983. The van der Waals surface area contributed by atoms with E-state index in [1.807, 2.05) is 36.4 Å². The molecule has 2 aromatic carbocycles. The molecular formula is C23H25ClN4O. The second kappa shape index (κ2) is 9.25. The molecule has 0 spiro atoms. The molecule has 2 heterocycles. The molecule has 1 aliphatic heterocycles. The van der Waals surface area contributed by atoms with Gasteiger partial charge in [0.25, 0.3) is 5.56 Å². The normalized spacial score (nSPS) is 15.3. The Morgan fingerprint density at radius 2 is 1.52 bits per heavy atom. The first kappa shape index (κ1) is 19.7. The number of rotatable bonds is 6. The van der Waals surface area contributed by atoms with Gasteiger partial charge in [0.1, 0.15) is 5.02 Å². The Kier molecular flexibility index (Phi) is 6.27. The number of hydrogen-bond donors (Lipinski definition) is 1. The van der Waals surface area contributed by atoms with Crippen molar-refractivity contribution in [2.45, 2.75) is 32.0 Å². The van der Waals surface area contributed by atoms with Crippen LogP contribution in [0, 0.1) is 0 Å². The van der Waals surface area contributed by atoms with E-state index in [2.05, 4.69) is 39.6 Å². The average Bonchev–Trinajstić information content (AvgIpc) is 2.76. The highest BCUT2D eigenvalue weighted by atomic mass is 35.5. The molecule has 0 radical (unpaired) electrons. The fourth-order valence-electron chi connectivity index (χ4n) is 3.73. The SMILES string of the molecule is O=c1c(Cl)c(NC2CCN(Cc3ccccc3)CC2)cnn1Cc1ccccc1. The van der Waals surface area contributed by atoms with E-state index >= 15 is 0 Å². The van der Waals surface area contributed by atoms with Crippen LogP contribution in [0.5, 0.6) is 0 Å². The highest BCUT2D eigenvalue weighted by Crippen LogP contribution is 2.21.